The van der Waals surface area contributed by atoms with Crippen LogP contribution in [-0.4, -0.2) is 39.5 Å². The van der Waals surface area contributed by atoms with E-state index in [4.69, 9.17) is 9.72 Å². The Morgan fingerprint density at radius 3 is 2.75 bits per heavy atom. The van der Waals surface area contributed by atoms with E-state index in [1.807, 2.05) is 50.2 Å². The van der Waals surface area contributed by atoms with E-state index in [2.05, 4.69) is 39.8 Å². The van der Waals surface area contributed by atoms with Gasteiger partial charge in [0.1, 0.15) is 5.75 Å². The molecule has 0 unspecified atom stereocenters. The lowest BCUT2D eigenvalue weighted by molar-refractivity contribution is 0.0953. The van der Waals surface area contributed by atoms with Gasteiger partial charge in [0.25, 0.3) is 5.91 Å². The van der Waals surface area contributed by atoms with E-state index in [-0.39, 0.29) is 5.91 Å². The van der Waals surface area contributed by atoms with E-state index in [9.17, 15) is 4.79 Å². The molecule has 1 amide bonds. The van der Waals surface area contributed by atoms with Crippen molar-refractivity contribution in [2.45, 2.75) is 33.6 Å². The van der Waals surface area contributed by atoms with Gasteiger partial charge in [0.05, 0.1) is 29.2 Å². The van der Waals surface area contributed by atoms with E-state index in [0.29, 0.717) is 18.7 Å². The Balaban J connectivity index is 1.55. The molecule has 2 N–H and O–H groups in total. The van der Waals surface area contributed by atoms with Crippen molar-refractivity contribution in [2.24, 2.45) is 0 Å². The summed E-state index contributed by atoms with van der Waals surface area (Å²) in [5.41, 5.74) is 6.22. The van der Waals surface area contributed by atoms with Crippen LogP contribution in [0.4, 0.5) is 0 Å². The van der Waals surface area contributed by atoms with Crippen molar-refractivity contribution >= 4 is 16.8 Å². The Morgan fingerprint density at radius 2 is 2.00 bits per heavy atom. The standard InChI is InChI=1S/C25H27N5O2/c1-4-32-24-15-22(18-8-5-7-16(2)13-18)27-23-14-19(10-11-20(23)24)25(31)26-12-6-9-21-17(3)28-30-29-21/h5,7-8,10-11,13-15H,4,6,9,12H2,1-3H3,(H,26,31)(H,28,29,30). The van der Waals surface area contributed by atoms with Gasteiger partial charge in [-0.3, -0.25) is 9.89 Å². The fraction of sp³-hybridized carbons (Fsp3) is 0.280. The molecule has 0 aliphatic heterocycles. The van der Waals surface area contributed by atoms with E-state index in [1.165, 1.54) is 0 Å². The molecule has 32 heavy (non-hydrogen) atoms. The van der Waals surface area contributed by atoms with Crippen LogP contribution in [0.5, 0.6) is 5.75 Å². The van der Waals surface area contributed by atoms with Gasteiger partial charge in [-0.2, -0.15) is 0 Å². The molecule has 4 aromatic rings. The normalized spacial score (nSPS) is 11.0. The molecule has 0 saturated carbocycles. The molecule has 0 atom stereocenters. The highest BCUT2D eigenvalue weighted by atomic mass is 16.5. The third-order valence-corrected chi connectivity index (χ3v) is 5.36. The first-order valence-corrected chi connectivity index (χ1v) is 10.8. The first kappa shape index (κ1) is 21.5. The maximum atomic E-state index is 12.7. The van der Waals surface area contributed by atoms with Crippen LogP contribution in [0.2, 0.25) is 0 Å². The van der Waals surface area contributed by atoms with E-state index in [1.54, 1.807) is 0 Å². The van der Waals surface area contributed by atoms with Gasteiger partial charge in [-0.15, -0.1) is 5.10 Å². The molecule has 164 valence electrons. The molecule has 0 radical (unpaired) electrons. The Labute approximate surface area is 187 Å². The van der Waals surface area contributed by atoms with Crippen LogP contribution in [0.15, 0.2) is 48.5 Å². The van der Waals surface area contributed by atoms with Gasteiger partial charge in [0, 0.05) is 29.1 Å². The van der Waals surface area contributed by atoms with Crippen molar-refractivity contribution in [3.05, 3.63) is 71.0 Å². The highest BCUT2D eigenvalue weighted by molar-refractivity contribution is 5.99. The number of ether oxygens (including phenoxy) is 1. The summed E-state index contributed by atoms with van der Waals surface area (Å²) >= 11 is 0. The predicted molar refractivity (Wildman–Crippen MR) is 125 cm³/mol. The molecule has 7 heteroatoms. The number of H-pyrrole nitrogens is 1. The molecule has 0 aliphatic carbocycles. The number of carbonyl (C=O) groups is 1. The Hall–Kier alpha value is -3.74. The fourth-order valence-corrected chi connectivity index (χ4v) is 3.67. The second kappa shape index (κ2) is 9.60. The van der Waals surface area contributed by atoms with Crippen LogP contribution in [0.3, 0.4) is 0 Å². The molecule has 0 bridgehead atoms. The van der Waals surface area contributed by atoms with Crippen LogP contribution in [0.1, 0.15) is 40.7 Å². The van der Waals surface area contributed by atoms with Crippen molar-refractivity contribution in [3.63, 3.8) is 0 Å². The molecule has 2 aromatic heterocycles. The zero-order chi connectivity index (χ0) is 22.5. The third-order valence-electron chi connectivity index (χ3n) is 5.36. The van der Waals surface area contributed by atoms with Crippen LogP contribution < -0.4 is 10.1 Å². The van der Waals surface area contributed by atoms with Crippen LogP contribution in [-0.2, 0) is 6.42 Å². The number of aromatic nitrogens is 4. The molecule has 4 rings (SSSR count). The molecule has 2 heterocycles. The summed E-state index contributed by atoms with van der Waals surface area (Å²) in [6, 6.07) is 15.7. The number of hydrogen-bond donors (Lipinski definition) is 2. The Bertz CT molecular complexity index is 1250. The highest BCUT2D eigenvalue weighted by Gasteiger charge is 2.13. The topological polar surface area (TPSA) is 92.8 Å². The average Bonchev–Trinajstić information content (AvgIpc) is 3.20. The summed E-state index contributed by atoms with van der Waals surface area (Å²) in [6.45, 7) is 7.05. The summed E-state index contributed by atoms with van der Waals surface area (Å²) in [5.74, 6) is 0.650. The lowest BCUT2D eigenvalue weighted by Gasteiger charge is -2.12. The van der Waals surface area contributed by atoms with E-state index in [0.717, 1.165) is 57.7 Å². The van der Waals surface area contributed by atoms with Gasteiger partial charge in [0.2, 0.25) is 0 Å². The number of amides is 1. The predicted octanol–water partition coefficient (Wildman–Crippen LogP) is 4.40. The Kier molecular flexibility index (Phi) is 6.44. The molecule has 0 aliphatic rings. The summed E-state index contributed by atoms with van der Waals surface area (Å²) in [5, 5.41) is 14.5. The first-order chi connectivity index (χ1) is 15.5. The number of carbonyl (C=O) groups excluding carboxylic acids is 1. The molecule has 0 fully saturated rings. The number of aromatic amines is 1. The monoisotopic (exact) mass is 429 g/mol. The maximum absolute atomic E-state index is 12.7. The first-order valence-electron chi connectivity index (χ1n) is 10.8. The fourth-order valence-electron chi connectivity index (χ4n) is 3.67. The minimum atomic E-state index is -0.118. The molecule has 7 nitrogen and oxygen atoms in total. The van der Waals surface area contributed by atoms with E-state index < -0.39 is 0 Å². The summed E-state index contributed by atoms with van der Waals surface area (Å²) in [7, 11) is 0. The van der Waals surface area contributed by atoms with Crippen molar-refractivity contribution in [1.82, 2.24) is 25.7 Å². The largest absolute Gasteiger partial charge is 0.493 e. The molecule has 2 aromatic carbocycles. The van der Waals surface area contributed by atoms with Gasteiger partial charge in [-0.25, -0.2) is 4.98 Å². The molecule has 0 saturated heterocycles. The number of benzene rings is 2. The third kappa shape index (κ3) is 4.77. The quantitative estimate of drug-likeness (QED) is 0.405. The number of nitrogens with zero attached hydrogens (tertiary/aromatic N) is 3. The number of rotatable bonds is 8. The second-order valence-electron chi connectivity index (χ2n) is 7.78. The minimum absolute atomic E-state index is 0.118. The van der Waals surface area contributed by atoms with Gasteiger partial charge in [-0.1, -0.05) is 29.0 Å². The van der Waals surface area contributed by atoms with Crippen molar-refractivity contribution < 1.29 is 9.53 Å². The molecular formula is C25H27N5O2. The summed E-state index contributed by atoms with van der Waals surface area (Å²) < 4.78 is 5.88. The van der Waals surface area contributed by atoms with Crippen LogP contribution in [0, 0.1) is 13.8 Å². The minimum Gasteiger partial charge on any atom is -0.493 e. The zero-order valence-corrected chi connectivity index (χ0v) is 18.6. The van der Waals surface area contributed by atoms with Crippen molar-refractivity contribution in [2.75, 3.05) is 13.2 Å². The van der Waals surface area contributed by atoms with Crippen LogP contribution >= 0.6 is 0 Å². The van der Waals surface area contributed by atoms with Gasteiger partial charge < -0.3 is 10.1 Å². The lowest BCUT2D eigenvalue weighted by atomic mass is 10.0. The zero-order valence-electron chi connectivity index (χ0n) is 18.6. The number of fused-ring (bicyclic) bond motifs is 1. The SMILES string of the molecule is CCOc1cc(-c2cccc(C)c2)nc2cc(C(=O)NCCCc3[nH]nnc3C)ccc12. The van der Waals surface area contributed by atoms with E-state index >= 15 is 0 Å². The number of pyridine rings is 1. The highest BCUT2D eigenvalue weighted by Crippen LogP contribution is 2.31. The van der Waals surface area contributed by atoms with Gasteiger partial charge >= 0.3 is 0 Å². The van der Waals surface area contributed by atoms with Crippen LogP contribution in [0.25, 0.3) is 22.2 Å². The van der Waals surface area contributed by atoms with Gasteiger partial charge in [0.15, 0.2) is 0 Å². The smallest absolute Gasteiger partial charge is 0.251 e. The number of nitrogens with one attached hydrogen (secondary N) is 2. The van der Waals surface area contributed by atoms with Crippen molar-refractivity contribution in [3.8, 4) is 17.0 Å². The van der Waals surface area contributed by atoms with Crippen molar-refractivity contribution in [1.29, 1.82) is 0 Å². The Morgan fingerprint density at radius 1 is 1.12 bits per heavy atom. The summed E-state index contributed by atoms with van der Waals surface area (Å²) in [4.78, 5) is 17.6. The number of aryl methyl sites for hydroxylation is 3. The molecular weight excluding hydrogens is 402 g/mol. The maximum Gasteiger partial charge on any atom is 0.251 e. The lowest BCUT2D eigenvalue weighted by Crippen LogP contribution is -2.24. The van der Waals surface area contributed by atoms with Gasteiger partial charge in [-0.05, 0) is 57.9 Å². The average molecular weight is 430 g/mol. The summed E-state index contributed by atoms with van der Waals surface area (Å²) in [6.07, 6.45) is 1.59. The number of hydrogen-bond acceptors (Lipinski definition) is 5. The second-order valence-corrected chi connectivity index (χ2v) is 7.78. The molecule has 0 spiro atoms.